The van der Waals surface area contributed by atoms with Crippen molar-refractivity contribution in [1.29, 1.82) is 0 Å². The van der Waals surface area contributed by atoms with Gasteiger partial charge in [0.15, 0.2) is 5.78 Å². The number of carboxylic acids is 1. The standard InChI is InChI=1S/C38H46O7/c1-20-31-27(32(42)37(5,44)38(20)16-17-38)19-35(2,3)33(31)45-34(43)24(10-13-30(40)41)22-6-8-23-21(18-22)7-9-26-25(23)14-15-36(4)28(26)11-12-29(36)39/h6,8,18-19,24-26,28,33,44H,7,9-17H2,1-5H3,(H,40,41)/t24?,25?,26?,28?,33-,36+,37+/m1/s1. The molecule has 7 heteroatoms. The molecule has 0 aromatic heterocycles. The highest BCUT2D eigenvalue weighted by atomic mass is 16.5. The van der Waals surface area contributed by atoms with Crippen molar-refractivity contribution in [2.24, 2.45) is 28.1 Å². The Labute approximate surface area is 265 Å². The highest BCUT2D eigenvalue weighted by Crippen LogP contribution is 2.66. The number of ether oxygens (including phenoxy) is 1. The number of aliphatic carboxylic acids is 1. The number of carboxylic acid groups (broad SMARTS) is 1. The minimum Gasteiger partial charge on any atom is -0.481 e. The van der Waals surface area contributed by atoms with Crippen LogP contribution in [0.15, 0.2) is 41.0 Å². The Morgan fingerprint density at radius 3 is 2.44 bits per heavy atom. The summed E-state index contributed by atoms with van der Waals surface area (Å²) in [6.45, 7) is 9.61. The number of benzene rings is 1. The highest BCUT2D eigenvalue weighted by molar-refractivity contribution is 6.09. The summed E-state index contributed by atoms with van der Waals surface area (Å²) in [5.41, 5.74) is 2.41. The molecule has 2 N–H and O–H groups in total. The maximum atomic E-state index is 14.1. The van der Waals surface area contributed by atoms with Crippen LogP contribution in [0.3, 0.4) is 0 Å². The van der Waals surface area contributed by atoms with Gasteiger partial charge < -0.3 is 14.9 Å². The van der Waals surface area contributed by atoms with Crippen LogP contribution in [0.2, 0.25) is 0 Å². The van der Waals surface area contributed by atoms with Gasteiger partial charge in [-0.15, -0.1) is 0 Å². The molecule has 0 aliphatic heterocycles. The molecule has 45 heavy (non-hydrogen) atoms. The number of aryl methyl sites for hydroxylation is 1. The second kappa shape index (κ2) is 9.97. The Kier molecular flexibility index (Phi) is 6.78. The predicted octanol–water partition coefficient (Wildman–Crippen LogP) is 6.37. The van der Waals surface area contributed by atoms with E-state index < -0.39 is 40.4 Å². The van der Waals surface area contributed by atoms with Crippen LogP contribution in [0.5, 0.6) is 0 Å². The number of hydrogen-bond acceptors (Lipinski definition) is 6. The quantitative estimate of drug-likeness (QED) is 0.358. The van der Waals surface area contributed by atoms with Crippen LogP contribution in [0, 0.1) is 28.1 Å². The summed E-state index contributed by atoms with van der Waals surface area (Å²) in [5.74, 6) is -0.748. The fourth-order valence-corrected chi connectivity index (χ4v) is 10.4. The molecule has 1 aromatic rings. The number of Topliss-reactive ketones (excluding diaryl/α,β-unsaturated/α-hetero) is 2. The van der Waals surface area contributed by atoms with E-state index >= 15 is 0 Å². The van der Waals surface area contributed by atoms with E-state index in [0.717, 1.165) is 43.2 Å². The molecular weight excluding hydrogens is 568 g/mol. The van der Waals surface area contributed by atoms with E-state index in [4.69, 9.17) is 4.74 Å². The van der Waals surface area contributed by atoms with Crippen molar-refractivity contribution in [1.82, 2.24) is 0 Å². The van der Waals surface area contributed by atoms with E-state index in [0.29, 0.717) is 53.9 Å². The van der Waals surface area contributed by atoms with Gasteiger partial charge in [-0.2, -0.15) is 0 Å². The lowest BCUT2D eigenvalue weighted by Crippen LogP contribution is -2.50. The summed E-state index contributed by atoms with van der Waals surface area (Å²) >= 11 is 0. The van der Waals surface area contributed by atoms with E-state index in [-0.39, 0.29) is 24.0 Å². The molecule has 6 aliphatic rings. The van der Waals surface area contributed by atoms with E-state index in [1.165, 1.54) is 11.1 Å². The number of aliphatic hydroxyl groups is 1. The molecule has 1 spiro atoms. The number of fused-ring (bicyclic) bond motifs is 6. The monoisotopic (exact) mass is 614 g/mol. The van der Waals surface area contributed by atoms with Crippen LogP contribution in [-0.4, -0.2) is 45.4 Å². The van der Waals surface area contributed by atoms with Gasteiger partial charge in [-0.05, 0) is 99.7 Å². The van der Waals surface area contributed by atoms with Gasteiger partial charge in [0.2, 0.25) is 0 Å². The molecule has 7 atom stereocenters. The Morgan fingerprint density at radius 2 is 1.76 bits per heavy atom. The van der Waals surface area contributed by atoms with Gasteiger partial charge in [-0.25, -0.2) is 0 Å². The van der Waals surface area contributed by atoms with Crippen LogP contribution >= 0.6 is 0 Å². The van der Waals surface area contributed by atoms with Crippen LogP contribution in [-0.2, 0) is 30.3 Å². The van der Waals surface area contributed by atoms with Crippen molar-refractivity contribution in [2.45, 2.75) is 122 Å². The molecule has 3 fully saturated rings. The smallest absolute Gasteiger partial charge is 0.314 e. The first-order valence-corrected chi connectivity index (χ1v) is 16.9. The molecule has 0 amide bonds. The molecule has 7 rings (SSSR count). The Balaban J connectivity index is 1.18. The zero-order valence-electron chi connectivity index (χ0n) is 27.2. The molecule has 240 valence electrons. The number of esters is 1. The first-order valence-electron chi connectivity index (χ1n) is 16.9. The van der Waals surface area contributed by atoms with Gasteiger partial charge in [0.05, 0.1) is 5.92 Å². The summed E-state index contributed by atoms with van der Waals surface area (Å²) < 4.78 is 6.34. The van der Waals surface area contributed by atoms with E-state index in [9.17, 15) is 29.4 Å². The van der Waals surface area contributed by atoms with Crippen LogP contribution in [0.1, 0.15) is 121 Å². The zero-order chi connectivity index (χ0) is 32.3. The van der Waals surface area contributed by atoms with Crippen molar-refractivity contribution in [3.05, 3.63) is 57.7 Å². The minimum atomic E-state index is -1.49. The first kappa shape index (κ1) is 30.6. The summed E-state index contributed by atoms with van der Waals surface area (Å²) in [7, 11) is 0. The van der Waals surface area contributed by atoms with Crippen LogP contribution < -0.4 is 0 Å². The number of ketones is 2. The summed E-state index contributed by atoms with van der Waals surface area (Å²) in [5, 5.41) is 20.9. The summed E-state index contributed by atoms with van der Waals surface area (Å²) in [6.07, 6.45) is 8.02. The lowest BCUT2D eigenvalue weighted by Gasteiger charge is -2.48. The molecule has 3 saturated carbocycles. The molecule has 0 heterocycles. The lowest BCUT2D eigenvalue weighted by atomic mass is 9.55. The van der Waals surface area contributed by atoms with Gasteiger partial charge in [0.25, 0.3) is 0 Å². The second-order valence-electron chi connectivity index (χ2n) is 16.0. The predicted molar refractivity (Wildman–Crippen MR) is 167 cm³/mol. The third kappa shape index (κ3) is 4.32. The van der Waals surface area contributed by atoms with E-state index in [2.05, 4.69) is 19.1 Å². The maximum Gasteiger partial charge on any atom is 0.314 e. The van der Waals surface area contributed by atoms with Gasteiger partial charge in [0.1, 0.15) is 17.5 Å². The van der Waals surface area contributed by atoms with Gasteiger partial charge in [-0.1, -0.05) is 50.6 Å². The number of carbonyl (C=O) groups is 4. The minimum absolute atomic E-state index is 0.116. The molecular formula is C38H46O7. The fraction of sp³-hybridized carbons (Fsp3) is 0.632. The average Bonchev–Trinajstić information content (AvgIpc) is 3.69. The fourth-order valence-electron chi connectivity index (χ4n) is 10.4. The van der Waals surface area contributed by atoms with Crippen molar-refractivity contribution in [3.8, 4) is 0 Å². The van der Waals surface area contributed by atoms with Crippen molar-refractivity contribution >= 4 is 23.5 Å². The third-order valence-corrected chi connectivity index (χ3v) is 13.3. The molecule has 0 bridgehead atoms. The molecule has 0 radical (unpaired) electrons. The number of carbonyl (C=O) groups excluding carboxylic acids is 3. The van der Waals surface area contributed by atoms with Gasteiger partial charge in [-0.3, -0.25) is 19.2 Å². The third-order valence-electron chi connectivity index (χ3n) is 13.3. The number of rotatable bonds is 6. The Bertz CT molecular complexity index is 1590. The SMILES string of the molecule is CC1=C2C(=CC(C)(C)[C@@H]2OC(=O)C(CCC(=O)O)c2ccc3c(c2)CCC2C3CC[C@]3(C)C(=O)CCC23)C(=O)[C@](C)(O)C12CC2. The van der Waals surface area contributed by atoms with Crippen LogP contribution in [0.25, 0.3) is 0 Å². The first-order chi connectivity index (χ1) is 21.1. The van der Waals surface area contributed by atoms with Gasteiger partial charge >= 0.3 is 11.9 Å². The summed E-state index contributed by atoms with van der Waals surface area (Å²) in [4.78, 5) is 52.1. The largest absolute Gasteiger partial charge is 0.481 e. The topological polar surface area (TPSA) is 118 Å². The molecule has 1 aromatic carbocycles. The average molecular weight is 615 g/mol. The second-order valence-corrected chi connectivity index (χ2v) is 16.0. The zero-order valence-corrected chi connectivity index (χ0v) is 27.2. The van der Waals surface area contributed by atoms with E-state index in [1.54, 1.807) is 6.92 Å². The molecule has 0 saturated heterocycles. The summed E-state index contributed by atoms with van der Waals surface area (Å²) in [6, 6.07) is 6.23. The van der Waals surface area contributed by atoms with Crippen molar-refractivity contribution < 1.29 is 34.1 Å². The number of hydrogen-bond donors (Lipinski definition) is 2. The van der Waals surface area contributed by atoms with E-state index in [1.807, 2.05) is 32.9 Å². The Hall–Kier alpha value is -3.06. The van der Waals surface area contributed by atoms with Crippen LogP contribution in [0.4, 0.5) is 0 Å². The molecule has 7 nitrogen and oxygen atoms in total. The molecule has 4 unspecified atom stereocenters. The molecule has 6 aliphatic carbocycles. The maximum absolute atomic E-state index is 14.1. The van der Waals surface area contributed by atoms with Gasteiger partial charge in [0, 0.05) is 40.2 Å². The highest BCUT2D eigenvalue weighted by Gasteiger charge is 2.67. The normalized spacial score (nSPS) is 36.1. The lowest BCUT2D eigenvalue weighted by molar-refractivity contribution is -0.153. The van der Waals surface area contributed by atoms with Crippen molar-refractivity contribution in [3.63, 3.8) is 0 Å². The van der Waals surface area contributed by atoms with Crippen molar-refractivity contribution in [2.75, 3.05) is 0 Å². The Morgan fingerprint density at radius 1 is 1.02 bits per heavy atom.